The topological polar surface area (TPSA) is 57.2 Å². The molecule has 1 saturated heterocycles. The van der Waals surface area contributed by atoms with E-state index in [0.717, 1.165) is 21.6 Å². The lowest BCUT2D eigenvalue weighted by molar-refractivity contribution is -0.261. The van der Waals surface area contributed by atoms with E-state index in [-0.39, 0.29) is 6.61 Å². The summed E-state index contributed by atoms with van der Waals surface area (Å²) in [7, 11) is 0. The Morgan fingerprint density at radius 1 is 0.590 bits per heavy atom. The zero-order chi connectivity index (χ0) is 26.7. The predicted octanol–water partition coefficient (Wildman–Crippen LogP) is 6.25. The third-order valence-corrected chi connectivity index (χ3v) is 7.91. The first-order chi connectivity index (χ1) is 19.3. The number of rotatable bonds is 12. The summed E-state index contributed by atoms with van der Waals surface area (Å²) >= 11 is 1.54. The fourth-order valence-corrected chi connectivity index (χ4v) is 5.78. The molecule has 39 heavy (non-hydrogen) atoms. The first kappa shape index (κ1) is 27.6. The lowest BCUT2D eigenvalue weighted by atomic mass is 10.00. The largest absolute Gasteiger partial charge is 0.374 e. The zero-order valence-corrected chi connectivity index (χ0v) is 22.6. The fourth-order valence-electron chi connectivity index (χ4n) is 4.60. The van der Waals surface area contributed by atoms with E-state index in [2.05, 4.69) is 0 Å². The molecule has 1 aliphatic heterocycles. The Morgan fingerprint density at radius 3 is 1.59 bits per heavy atom. The standard InChI is InChI=1S/C33H34O5S/c34-33-32(39-28-19-11-4-12-20-28)31(37-23-27-17-9-3-10-18-27)30(36-22-26-15-7-2-8-16-26)29(38-33)24-35-21-25-13-5-1-6-14-25/h1-20,29-34H,21-24H2/t29-,30-,31-,32+,33+/m1/s1. The van der Waals surface area contributed by atoms with Crippen molar-refractivity contribution in [3.8, 4) is 0 Å². The molecule has 4 aromatic carbocycles. The van der Waals surface area contributed by atoms with Crippen LogP contribution in [0.1, 0.15) is 16.7 Å². The lowest BCUT2D eigenvalue weighted by Gasteiger charge is -2.44. The van der Waals surface area contributed by atoms with Gasteiger partial charge in [-0.1, -0.05) is 109 Å². The molecule has 1 heterocycles. The van der Waals surface area contributed by atoms with E-state index in [9.17, 15) is 5.11 Å². The summed E-state index contributed by atoms with van der Waals surface area (Å²) in [6.45, 7) is 1.50. The van der Waals surface area contributed by atoms with Gasteiger partial charge in [0.15, 0.2) is 6.29 Å². The van der Waals surface area contributed by atoms with Crippen LogP contribution in [0.4, 0.5) is 0 Å². The third-order valence-electron chi connectivity index (χ3n) is 6.59. The monoisotopic (exact) mass is 542 g/mol. The molecule has 0 bridgehead atoms. The highest BCUT2D eigenvalue weighted by Crippen LogP contribution is 2.37. The highest BCUT2D eigenvalue weighted by molar-refractivity contribution is 8.00. The molecule has 0 radical (unpaired) electrons. The number of aliphatic hydroxyl groups is 1. The predicted molar refractivity (Wildman–Crippen MR) is 153 cm³/mol. The van der Waals surface area contributed by atoms with Crippen LogP contribution in [0.25, 0.3) is 0 Å². The Balaban J connectivity index is 1.38. The minimum atomic E-state index is -1.06. The van der Waals surface area contributed by atoms with Gasteiger partial charge in [0.05, 0.1) is 31.7 Å². The van der Waals surface area contributed by atoms with E-state index in [4.69, 9.17) is 18.9 Å². The van der Waals surface area contributed by atoms with Crippen molar-refractivity contribution < 1.29 is 24.1 Å². The molecule has 0 spiro atoms. The Labute approximate surface area is 234 Å². The quantitative estimate of drug-likeness (QED) is 0.228. The van der Waals surface area contributed by atoms with Crippen LogP contribution in [0.3, 0.4) is 0 Å². The van der Waals surface area contributed by atoms with Crippen LogP contribution < -0.4 is 0 Å². The van der Waals surface area contributed by atoms with Gasteiger partial charge in [0.2, 0.25) is 0 Å². The van der Waals surface area contributed by atoms with E-state index in [0.29, 0.717) is 19.8 Å². The number of hydrogen-bond acceptors (Lipinski definition) is 6. The SMILES string of the molecule is O[C@H]1O[C@H](COCc2ccccc2)[C@@H](OCc2ccccc2)[C@@H](OCc2ccccc2)[C@@H]1Sc1ccccc1. The van der Waals surface area contributed by atoms with Crippen LogP contribution in [0.5, 0.6) is 0 Å². The summed E-state index contributed by atoms with van der Waals surface area (Å²) in [5.74, 6) is 0. The average Bonchev–Trinajstić information content (AvgIpc) is 2.99. The van der Waals surface area contributed by atoms with E-state index >= 15 is 0 Å². The summed E-state index contributed by atoms with van der Waals surface area (Å²) in [6.07, 6.45) is -2.48. The molecule has 0 saturated carbocycles. The maximum Gasteiger partial charge on any atom is 0.170 e. The number of hydrogen-bond donors (Lipinski definition) is 1. The van der Waals surface area contributed by atoms with Gasteiger partial charge in [-0.3, -0.25) is 0 Å². The Kier molecular flexibility index (Phi) is 10.2. The molecule has 5 rings (SSSR count). The summed E-state index contributed by atoms with van der Waals surface area (Å²) in [5.41, 5.74) is 3.19. The molecule has 0 aromatic heterocycles. The molecule has 5 nitrogen and oxygen atoms in total. The molecule has 1 aliphatic rings. The highest BCUT2D eigenvalue weighted by atomic mass is 32.2. The fraction of sp³-hybridized carbons (Fsp3) is 0.273. The van der Waals surface area contributed by atoms with Crippen molar-refractivity contribution in [2.45, 2.75) is 54.6 Å². The second-order valence-corrected chi connectivity index (χ2v) is 10.7. The van der Waals surface area contributed by atoms with Gasteiger partial charge in [-0.15, -0.1) is 11.8 Å². The van der Waals surface area contributed by atoms with Gasteiger partial charge in [0, 0.05) is 4.90 Å². The second kappa shape index (κ2) is 14.4. The molecule has 5 atom stereocenters. The Hall–Kier alpha value is -2.97. The normalized spacial score (nSPS) is 22.9. The lowest BCUT2D eigenvalue weighted by Crippen LogP contribution is -2.59. The van der Waals surface area contributed by atoms with Crippen molar-refractivity contribution in [1.82, 2.24) is 0 Å². The van der Waals surface area contributed by atoms with Crippen LogP contribution in [0, 0.1) is 0 Å². The van der Waals surface area contributed by atoms with Gasteiger partial charge >= 0.3 is 0 Å². The maximum absolute atomic E-state index is 11.3. The third kappa shape index (κ3) is 8.02. The number of aliphatic hydroxyl groups excluding tert-OH is 1. The first-order valence-electron chi connectivity index (χ1n) is 13.2. The minimum Gasteiger partial charge on any atom is -0.374 e. The molecule has 0 aliphatic carbocycles. The van der Waals surface area contributed by atoms with Gasteiger partial charge in [0.1, 0.15) is 18.3 Å². The molecular formula is C33H34O5S. The van der Waals surface area contributed by atoms with E-state index in [1.807, 2.05) is 121 Å². The number of ether oxygens (including phenoxy) is 4. The molecule has 0 amide bonds. The second-order valence-electron chi connectivity index (χ2n) is 9.48. The number of benzene rings is 4. The highest BCUT2D eigenvalue weighted by Gasteiger charge is 2.47. The summed E-state index contributed by atoms with van der Waals surface area (Å²) in [5, 5.41) is 10.9. The summed E-state index contributed by atoms with van der Waals surface area (Å²) in [6, 6.07) is 40.1. The van der Waals surface area contributed by atoms with Gasteiger partial charge in [-0.2, -0.15) is 0 Å². The van der Waals surface area contributed by atoms with Crippen LogP contribution in [-0.2, 0) is 38.8 Å². The number of thioether (sulfide) groups is 1. The van der Waals surface area contributed by atoms with Gasteiger partial charge in [0.25, 0.3) is 0 Å². The summed E-state index contributed by atoms with van der Waals surface area (Å²) < 4.78 is 25.4. The van der Waals surface area contributed by atoms with Crippen LogP contribution in [0.15, 0.2) is 126 Å². The minimum absolute atomic E-state index is 0.263. The molecular weight excluding hydrogens is 508 g/mol. The molecule has 6 heteroatoms. The van der Waals surface area contributed by atoms with Crippen LogP contribution >= 0.6 is 11.8 Å². The summed E-state index contributed by atoms with van der Waals surface area (Å²) in [4.78, 5) is 1.03. The van der Waals surface area contributed by atoms with Gasteiger partial charge in [-0.05, 0) is 28.8 Å². The van der Waals surface area contributed by atoms with Gasteiger partial charge in [-0.25, -0.2) is 0 Å². The van der Waals surface area contributed by atoms with Crippen molar-refractivity contribution in [3.63, 3.8) is 0 Å². The van der Waals surface area contributed by atoms with Crippen molar-refractivity contribution in [3.05, 3.63) is 138 Å². The first-order valence-corrected chi connectivity index (χ1v) is 14.1. The van der Waals surface area contributed by atoms with Crippen molar-refractivity contribution >= 4 is 11.8 Å². The van der Waals surface area contributed by atoms with Crippen LogP contribution in [0.2, 0.25) is 0 Å². The van der Waals surface area contributed by atoms with Crippen molar-refractivity contribution in [1.29, 1.82) is 0 Å². The molecule has 4 aromatic rings. The van der Waals surface area contributed by atoms with Crippen molar-refractivity contribution in [2.24, 2.45) is 0 Å². The Morgan fingerprint density at radius 2 is 1.05 bits per heavy atom. The molecule has 1 N–H and O–H groups in total. The van der Waals surface area contributed by atoms with Gasteiger partial charge < -0.3 is 24.1 Å². The van der Waals surface area contributed by atoms with E-state index in [1.54, 1.807) is 11.8 Å². The maximum atomic E-state index is 11.3. The molecule has 1 fully saturated rings. The molecule has 202 valence electrons. The van der Waals surface area contributed by atoms with E-state index < -0.39 is 29.9 Å². The zero-order valence-electron chi connectivity index (χ0n) is 21.8. The van der Waals surface area contributed by atoms with E-state index in [1.165, 1.54) is 0 Å². The average molecular weight is 543 g/mol. The van der Waals surface area contributed by atoms with Crippen LogP contribution in [-0.4, -0.2) is 41.6 Å². The Bertz CT molecular complexity index is 1230. The smallest absolute Gasteiger partial charge is 0.170 e. The van der Waals surface area contributed by atoms with Crippen molar-refractivity contribution in [2.75, 3.05) is 6.61 Å². The molecule has 0 unspecified atom stereocenters.